The van der Waals surface area contributed by atoms with Gasteiger partial charge in [0, 0.05) is 12.6 Å². The fourth-order valence-corrected chi connectivity index (χ4v) is 2.15. The minimum atomic E-state index is -0.630. The molecule has 2 aliphatic rings. The van der Waals surface area contributed by atoms with Gasteiger partial charge in [-0.05, 0) is 19.3 Å². The van der Waals surface area contributed by atoms with Gasteiger partial charge in [0.25, 0.3) is 0 Å². The Morgan fingerprint density at radius 2 is 2.42 bits per heavy atom. The maximum atomic E-state index is 10.8. The van der Waals surface area contributed by atoms with Crippen LogP contribution in [0.3, 0.4) is 0 Å². The molecule has 3 heteroatoms. The number of carbonyl (C=O) groups excluding carboxylic acids is 1. The highest BCUT2D eigenvalue weighted by Crippen LogP contribution is 2.36. The third-order valence-electron chi connectivity index (χ3n) is 3.15. The predicted octanol–water partition coefficient (Wildman–Crippen LogP) is 0.642. The number of nitrogens with zero attached hydrogens (tertiary/aromatic N) is 1. The third kappa shape index (κ3) is 0.930. The highest BCUT2D eigenvalue weighted by molar-refractivity contribution is 5.61. The normalized spacial score (nSPS) is 47.8. The summed E-state index contributed by atoms with van der Waals surface area (Å²) >= 11 is 0. The van der Waals surface area contributed by atoms with Gasteiger partial charge in [-0.15, -0.1) is 0 Å². The van der Waals surface area contributed by atoms with Crippen molar-refractivity contribution in [3.05, 3.63) is 0 Å². The molecule has 0 radical (unpaired) electrons. The quantitative estimate of drug-likeness (QED) is 0.539. The van der Waals surface area contributed by atoms with Crippen molar-refractivity contribution in [2.24, 2.45) is 5.92 Å². The second kappa shape index (κ2) is 2.54. The SMILES string of the molecule is CC1COC(C)(C=O)N2CCC12. The molecule has 0 N–H and O–H groups in total. The Kier molecular flexibility index (Phi) is 1.73. The Bertz CT molecular complexity index is 207. The van der Waals surface area contributed by atoms with Gasteiger partial charge in [-0.2, -0.15) is 0 Å². The van der Waals surface area contributed by atoms with Gasteiger partial charge in [0.1, 0.15) is 0 Å². The van der Waals surface area contributed by atoms with Crippen molar-refractivity contribution >= 4 is 6.29 Å². The van der Waals surface area contributed by atoms with Gasteiger partial charge in [-0.25, -0.2) is 0 Å². The van der Waals surface area contributed by atoms with E-state index in [1.807, 2.05) is 6.92 Å². The first kappa shape index (κ1) is 8.20. The number of aldehydes is 1. The largest absolute Gasteiger partial charge is 0.353 e. The number of fused-ring (bicyclic) bond motifs is 1. The number of hydrogen-bond donors (Lipinski definition) is 0. The summed E-state index contributed by atoms with van der Waals surface area (Å²) in [6.07, 6.45) is 2.14. The van der Waals surface area contributed by atoms with E-state index < -0.39 is 5.72 Å². The Morgan fingerprint density at radius 3 is 2.92 bits per heavy atom. The van der Waals surface area contributed by atoms with Crippen LogP contribution in [-0.2, 0) is 9.53 Å². The van der Waals surface area contributed by atoms with Crippen molar-refractivity contribution in [3.8, 4) is 0 Å². The summed E-state index contributed by atoms with van der Waals surface area (Å²) in [6, 6.07) is 0.578. The van der Waals surface area contributed by atoms with Gasteiger partial charge < -0.3 is 4.74 Å². The summed E-state index contributed by atoms with van der Waals surface area (Å²) in [5, 5.41) is 0. The summed E-state index contributed by atoms with van der Waals surface area (Å²) < 4.78 is 5.52. The van der Waals surface area contributed by atoms with Gasteiger partial charge in [-0.1, -0.05) is 6.92 Å². The number of hydrogen-bond acceptors (Lipinski definition) is 3. The van der Waals surface area contributed by atoms with Gasteiger partial charge in [0.2, 0.25) is 0 Å². The standard InChI is InChI=1S/C9H15NO2/c1-7-5-12-9(2,6-11)10-4-3-8(7)10/h6-8H,3-5H2,1-2H3. The van der Waals surface area contributed by atoms with E-state index in [-0.39, 0.29) is 0 Å². The molecule has 2 aliphatic heterocycles. The summed E-state index contributed by atoms with van der Waals surface area (Å²) in [5.74, 6) is 0.576. The molecule has 3 nitrogen and oxygen atoms in total. The average Bonchev–Trinajstić information content (AvgIpc) is 1.97. The van der Waals surface area contributed by atoms with Gasteiger partial charge >= 0.3 is 0 Å². The lowest BCUT2D eigenvalue weighted by molar-refractivity contribution is -0.230. The van der Waals surface area contributed by atoms with E-state index in [0.717, 1.165) is 19.4 Å². The molecule has 2 rings (SSSR count). The van der Waals surface area contributed by atoms with Crippen LogP contribution in [0.1, 0.15) is 20.3 Å². The second-order valence-corrected chi connectivity index (χ2v) is 4.01. The number of ether oxygens (including phenoxy) is 1. The van der Waals surface area contributed by atoms with Gasteiger partial charge in [0.15, 0.2) is 12.0 Å². The van der Waals surface area contributed by atoms with Crippen molar-refractivity contribution in [1.82, 2.24) is 4.90 Å². The maximum absolute atomic E-state index is 10.8. The van der Waals surface area contributed by atoms with Crippen LogP contribution in [0, 0.1) is 5.92 Å². The van der Waals surface area contributed by atoms with Crippen molar-refractivity contribution < 1.29 is 9.53 Å². The Labute approximate surface area is 72.7 Å². The van der Waals surface area contributed by atoms with E-state index >= 15 is 0 Å². The molecule has 12 heavy (non-hydrogen) atoms. The van der Waals surface area contributed by atoms with Crippen LogP contribution < -0.4 is 0 Å². The van der Waals surface area contributed by atoms with E-state index in [4.69, 9.17) is 4.74 Å². The lowest BCUT2D eigenvalue weighted by atomic mass is 9.86. The fourth-order valence-electron chi connectivity index (χ4n) is 2.15. The molecule has 2 fully saturated rings. The molecule has 0 aromatic rings. The first-order chi connectivity index (χ1) is 5.67. The van der Waals surface area contributed by atoms with E-state index in [1.54, 1.807) is 0 Å². The van der Waals surface area contributed by atoms with Crippen molar-refractivity contribution in [2.75, 3.05) is 13.2 Å². The smallest absolute Gasteiger partial charge is 0.175 e. The average molecular weight is 169 g/mol. The van der Waals surface area contributed by atoms with Crippen LogP contribution in [0.4, 0.5) is 0 Å². The minimum absolute atomic E-state index is 0.576. The van der Waals surface area contributed by atoms with Crippen LogP contribution >= 0.6 is 0 Å². The van der Waals surface area contributed by atoms with Crippen LogP contribution in [-0.4, -0.2) is 36.1 Å². The minimum Gasteiger partial charge on any atom is -0.353 e. The highest BCUT2D eigenvalue weighted by atomic mass is 16.5. The molecule has 0 spiro atoms. The molecule has 0 bridgehead atoms. The zero-order chi connectivity index (χ0) is 8.77. The molecule has 0 aliphatic carbocycles. The van der Waals surface area contributed by atoms with Gasteiger partial charge in [0.05, 0.1) is 6.61 Å². The molecular formula is C9H15NO2. The number of carbonyl (C=O) groups is 1. The molecule has 2 heterocycles. The lowest BCUT2D eigenvalue weighted by Crippen LogP contribution is -2.67. The Balaban J connectivity index is 2.15. The maximum Gasteiger partial charge on any atom is 0.175 e. The Morgan fingerprint density at radius 1 is 1.67 bits per heavy atom. The highest BCUT2D eigenvalue weighted by Gasteiger charge is 2.48. The molecule has 3 atom stereocenters. The number of rotatable bonds is 1. The topological polar surface area (TPSA) is 29.5 Å². The molecule has 68 valence electrons. The zero-order valence-electron chi connectivity index (χ0n) is 7.62. The predicted molar refractivity (Wildman–Crippen MR) is 44.7 cm³/mol. The van der Waals surface area contributed by atoms with E-state index in [9.17, 15) is 4.79 Å². The van der Waals surface area contributed by atoms with E-state index in [1.165, 1.54) is 6.42 Å². The fraction of sp³-hybridized carbons (Fsp3) is 0.889. The van der Waals surface area contributed by atoms with Gasteiger partial charge in [-0.3, -0.25) is 9.69 Å². The summed E-state index contributed by atoms with van der Waals surface area (Å²) in [5.41, 5.74) is -0.630. The molecule has 0 saturated carbocycles. The zero-order valence-corrected chi connectivity index (χ0v) is 7.62. The van der Waals surface area contributed by atoms with Crippen molar-refractivity contribution in [1.29, 1.82) is 0 Å². The van der Waals surface area contributed by atoms with E-state index in [0.29, 0.717) is 12.0 Å². The van der Waals surface area contributed by atoms with Crippen LogP contribution in [0.5, 0.6) is 0 Å². The van der Waals surface area contributed by atoms with Crippen LogP contribution in [0.25, 0.3) is 0 Å². The third-order valence-corrected chi connectivity index (χ3v) is 3.15. The second-order valence-electron chi connectivity index (χ2n) is 4.01. The summed E-state index contributed by atoms with van der Waals surface area (Å²) in [4.78, 5) is 13.0. The van der Waals surface area contributed by atoms with Crippen molar-refractivity contribution in [3.63, 3.8) is 0 Å². The monoisotopic (exact) mass is 169 g/mol. The molecule has 0 amide bonds. The molecule has 2 saturated heterocycles. The van der Waals surface area contributed by atoms with Crippen molar-refractivity contribution in [2.45, 2.75) is 32.0 Å². The first-order valence-electron chi connectivity index (χ1n) is 4.54. The first-order valence-corrected chi connectivity index (χ1v) is 4.54. The molecular weight excluding hydrogens is 154 g/mol. The molecule has 0 aromatic heterocycles. The summed E-state index contributed by atoms with van der Waals surface area (Å²) in [6.45, 7) is 5.76. The van der Waals surface area contributed by atoms with E-state index in [2.05, 4.69) is 11.8 Å². The molecule has 3 unspecified atom stereocenters. The van der Waals surface area contributed by atoms with Crippen LogP contribution in [0.2, 0.25) is 0 Å². The van der Waals surface area contributed by atoms with Crippen LogP contribution in [0.15, 0.2) is 0 Å². The lowest BCUT2D eigenvalue weighted by Gasteiger charge is -2.55. The molecule has 0 aromatic carbocycles. The Hall–Kier alpha value is -0.410. The summed E-state index contributed by atoms with van der Waals surface area (Å²) in [7, 11) is 0.